The lowest BCUT2D eigenvalue weighted by atomic mass is 10.1. The SMILES string of the molecule is COc1ccc(S(=O)(=O)N(CC(=O)N(CCc2ccccc2)[C@@H](C)C(=O)NC(C)(C)C)c2ccc(F)cc2)cc1OC. The molecule has 0 spiro atoms. The predicted molar refractivity (Wildman–Crippen MR) is 160 cm³/mol. The van der Waals surface area contributed by atoms with Crippen LogP contribution in [-0.4, -0.2) is 64.0 Å². The number of carbonyl (C=O) groups is 2. The molecule has 9 nitrogen and oxygen atoms in total. The number of hydrogen-bond acceptors (Lipinski definition) is 6. The molecule has 1 N–H and O–H groups in total. The number of nitrogens with one attached hydrogen (secondary N) is 1. The third-order valence-electron chi connectivity index (χ3n) is 6.49. The van der Waals surface area contributed by atoms with E-state index in [4.69, 9.17) is 9.47 Å². The van der Waals surface area contributed by atoms with Crippen LogP contribution in [-0.2, 0) is 26.0 Å². The highest BCUT2D eigenvalue weighted by Crippen LogP contribution is 2.32. The van der Waals surface area contributed by atoms with Gasteiger partial charge in [-0.25, -0.2) is 12.8 Å². The Morgan fingerprint density at radius 1 is 0.929 bits per heavy atom. The Bertz CT molecular complexity index is 1470. The first-order valence-electron chi connectivity index (χ1n) is 13.4. The predicted octanol–water partition coefficient (Wildman–Crippen LogP) is 4.41. The highest BCUT2D eigenvalue weighted by molar-refractivity contribution is 7.92. The van der Waals surface area contributed by atoms with Gasteiger partial charge in [0.25, 0.3) is 10.0 Å². The Hall–Kier alpha value is -4.12. The molecular formula is C31H38FN3O6S. The maximum Gasteiger partial charge on any atom is 0.264 e. The zero-order valence-corrected chi connectivity index (χ0v) is 25.6. The molecule has 0 radical (unpaired) electrons. The summed E-state index contributed by atoms with van der Waals surface area (Å²) in [6, 6.07) is 17.4. The van der Waals surface area contributed by atoms with Gasteiger partial charge in [-0.2, -0.15) is 0 Å². The lowest BCUT2D eigenvalue weighted by Crippen LogP contribution is -2.55. The summed E-state index contributed by atoms with van der Waals surface area (Å²) in [7, 11) is -1.56. The molecule has 3 aromatic rings. The van der Waals surface area contributed by atoms with Crippen molar-refractivity contribution >= 4 is 27.5 Å². The fourth-order valence-corrected chi connectivity index (χ4v) is 5.71. The zero-order valence-electron chi connectivity index (χ0n) is 24.8. The smallest absolute Gasteiger partial charge is 0.264 e. The van der Waals surface area contributed by atoms with Crippen LogP contribution >= 0.6 is 0 Å². The Balaban J connectivity index is 2.03. The molecule has 0 aromatic heterocycles. The summed E-state index contributed by atoms with van der Waals surface area (Å²) in [6.45, 7) is 6.63. The average molecular weight is 600 g/mol. The van der Waals surface area contributed by atoms with Crippen LogP contribution in [0.25, 0.3) is 0 Å². The third kappa shape index (κ3) is 8.22. The maximum absolute atomic E-state index is 14.0. The fourth-order valence-electron chi connectivity index (χ4n) is 4.28. The number of benzene rings is 3. The summed E-state index contributed by atoms with van der Waals surface area (Å²) in [4.78, 5) is 28.3. The highest BCUT2D eigenvalue weighted by Gasteiger charge is 2.33. The Morgan fingerprint density at radius 3 is 2.12 bits per heavy atom. The van der Waals surface area contributed by atoms with Crippen LogP contribution < -0.4 is 19.1 Å². The molecule has 42 heavy (non-hydrogen) atoms. The van der Waals surface area contributed by atoms with Crippen molar-refractivity contribution in [1.82, 2.24) is 10.2 Å². The Morgan fingerprint density at radius 2 is 1.55 bits per heavy atom. The van der Waals surface area contributed by atoms with Crippen LogP contribution in [0.15, 0.2) is 77.7 Å². The minimum Gasteiger partial charge on any atom is -0.493 e. The van der Waals surface area contributed by atoms with Gasteiger partial charge in [0.15, 0.2) is 11.5 Å². The number of anilines is 1. The van der Waals surface area contributed by atoms with Crippen molar-refractivity contribution < 1.29 is 31.9 Å². The largest absolute Gasteiger partial charge is 0.493 e. The van der Waals surface area contributed by atoms with Gasteiger partial charge in [-0.15, -0.1) is 0 Å². The lowest BCUT2D eigenvalue weighted by Gasteiger charge is -2.33. The molecule has 0 aliphatic rings. The van der Waals surface area contributed by atoms with Crippen molar-refractivity contribution in [3.63, 3.8) is 0 Å². The molecule has 0 aliphatic carbocycles. The first kappa shape index (κ1) is 32.4. The van der Waals surface area contributed by atoms with Crippen LogP contribution in [0.4, 0.5) is 10.1 Å². The Kier molecular flexibility index (Phi) is 10.6. The second kappa shape index (κ2) is 13.7. The van der Waals surface area contributed by atoms with Gasteiger partial charge in [-0.05, 0) is 76.1 Å². The van der Waals surface area contributed by atoms with Crippen molar-refractivity contribution in [1.29, 1.82) is 0 Å². The van der Waals surface area contributed by atoms with Crippen LogP contribution in [0, 0.1) is 5.82 Å². The molecule has 0 unspecified atom stereocenters. The van der Waals surface area contributed by atoms with Gasteiger partial charge in [0.1, 0.15) is 18.4 Å². The number of sulfonamides is 1. The first-order valence-corrected chi connectivity index (χ1v) is 14.9. The maximum atomic E-state index is 14.0. The average Bonchev–Trinajstić information content (AvgIpc) is 2.95. The summed E-state index contributed by atoms with van der Waals surface area (Å²) >= 11 is 0. The lowest BCUT2D eigenvalue weighted by molar-refractivity contribution is -0.139. The van der Waals surface area contributed by atoms with Crippen molar-refractivity contribution in [2.75, 3.05) is 31.6 Å². The van der Waals surface area contributed by atoms with Crippen molar-refractivity contribution in [2.24, 2.45) is 0 Å². The van der Waals surface area contributed by atoms with E-state index in [0.717, 1.165) is 22.0 Å². The number of nitrogens with zero attached hydrogens (tertiary/aromatic N) is 2. The van der Waals surface area contributed by atoms with Crippen LogP contribution in [0.1, 0.15) is 33.3 Å². The normalized spacial score (nSPS) is 12.3. The third-order valence-corrected chi connectivity index (χ3v) is 8.26. The number of halogens is 1. The minimum absolute atomic E-state index is 0.0781. The van der Waals surface area contributed by atoms with E-state index in [1.54, 1.807) is 6.92 Å². The second-order valence-corrected chi connectivity index (χ2v) is 12.6. The zero-order chi connectivity index (χ0) is 31.1. The van der Waals surface area contributed by atoms with Gasteiger partial charge in [-0.3, -0.25) is 13.9 Å². The molecule has 2 amide bonds. The molecule has 3 rings (SSSR count). The highest BCUT2D eigenvalue weighted by atomic mass is 32.2. The molecule has 3 aromatic carbocycles. The number of hydrogen-bond donors (Lipinski definition) is 1. The molecular weight excluding hydrogens is 561 g/mol. The topological polar surface area (TPSA) is 105 Å². The van der Waals surface area contributed by atoms with Crippen molar-refractivity contribution in [2.45, 2.75) is 50.6 Å². The fraction of sp³-hybridized carbons (Fsp3) is 0.355. The van der Waals surface area contributed by atoms with E-state index in [1.807, 2.05) is 51.1 Å². The summed E-state index contributed by atoms with van der Waals surface area (Å²) in [5.41, 5.74) is 0.484. The van der Waals surface area contributed by atoms with Gasteiger partial charge in [0, 0.05) is 18.2 Å². The van der Waals surface area contributed by atoms with E-state index in [1.165, 1.54) is 49.5 Å². The quantitative estimate of drug-likeness (QED) is 0.331. The van der Waals surface area contributed by atoms with E-state index in [9.17, 15) is 22.4 Å². The number of methoxy groups -OCH3 is 2. The van der Waals surface area contributed by atoms with E-state index in [2.05, 4.69) is 5.32 Å². The van der Waals surface area contributed by atoms with E-state index in [-0.39, 0.29) is 28.8 Å². The monoisotopic (exact) mass is 599 g/mol. The molecule has 226 valence electrons. The van der Waals surface area contributed by atoms with E-state index < -0.39 is 39.9 Å². The first-order chi connectivity index (χ1) is 19.8. The molecule has 0 saturated carbocycles. The number of amides is 2. The molecule has 11 heteroatoms. The number of carbonyl (C=O) groups excluding carboxylic acids is 2. The molecule has 0 bridgehead atoms. The van der Waals surface area contributed by atoms with E-state index >= 15 is 0 Å². The van der Waals surface area contributed by atoms with Crippen molar-refractivity contribution in [3.05, 3.63) is 84.2 Å². The van der Waals surface area contributed by atoms with Crippen LogP contribution in [0.3, 0.4) is 0 Å². The molecule has 1 atom stereocenters. The van der Waals surface area contributed by atoms with Crippen LogP contribution in [0.5, 0.6) is 11.5 Å². The summed E-state index contributed by atoms with van der Waals surface area (Å²) in [5.74, 6) is -1.03. The standard InChI is InChI=1S/C31H38FN3O6S/c1-22(30(37)33-31(2,3)4)34(19-18-23-10-8-7-9-11-23)29(36)21-35(25-14-12-24(32)13-15-25)42(38,39)26-16-17-27(40-5)28(20-26)41-6/h7-17,20,22H,18-19,21H2,1-6H3,(H,33,37)/t22-/m0/s1. The summed E-state index contributed by atoms with van der Waals surface area (Å²) < 4.78 is 53.2. The molecule has 0 heterocycles. The van der Waals surface area contributed by atoms with Gasteiger partial charge >= 0.3 is 0 Å². The van der Waals surface area contributed by atoms with Gasteiger partial charge in [-0.1, -0.05) is 30.3 Å². The number of ether oxygens (including phenoxy) is 2. The molecule has 0 fully saturated rings. The minimum atomic E-state index is -4.37. The summed E-state index contributed by atoms with van der Waals surface area (Å²) in [6.07, 6.45) is 0.443. The van der Waals surface area contributed by atoms with Gasteiger partial charge < -0.3 is 19.7 Å². The molecule has 0 saturated heterocycles. The van der Waals surface area contributed by atoms with E-state index in [0.29, 0.717) is 12.2 Å². The van der Waals surface area contributed by atoms with Crippen LogP contribution in [0.2, 0.25) is 0 Å². The van der Waals surface area contributed by atoms with Gasteiger partial charge in [0.05, 0.1) is 24.8 Å². The van der Waals surface area contributed by atoms with Gasteiger partial charge in [0.2, 0.25) is 11.8 Å². The number of rotatable bonds is 12. The summed E-state index contributed by atoms with van der Waals surface area (Å²) in [5, 5.41) is 2.89. The van der Waals surface area contributed by atoms with Crippen molar-refractivity contribution in [3.8, 4) is 11.5 Å². The molecule has 0 aliphatic heterocycles. The second-order valence-electron chi connectivity index (χ2n) is 10.7. The Labute approximate surface area is 247 Å².